The maximum atomic E-state index is 6.45. The van der Waals surface area contributed by atoms with Gasteiger partial charge >= 0.3 is 0 Å². The van der Waals surface area contributed by atoms with E-state index in [9.17, 15) is 0 Å². The Morgan fingerprint density at radius 2 is 0.967 bits per heavy atom. The lowest BCUT2D eigenvalue weighted by atomic mass is 9.82. The maximum absolute atomic E-state index is 6.45. The average molecular weight is 769 g/mol. The Morgan fingerprint density at radius 1 is 0.367 bits per heavy atom. The van der Waals surface area contributed by atoms with E-state index < -0.39 is 0 Å². The van der Waals surface area contributed by atoms with Crippen LogP contribution in [0.1, 0.15) is 25.0 Å². The molecule has 2 aromatic heterocycles. The first-order chi connectivity index (χ1) is 29.5. The highest BCUT2D eigenvalue weighted by Crippen LogP contribution is 2.49. The van der Waals surface area contributed by atoms with Gasteiger partial charge in [0.15, 0.2) is 23.1 Å². The average Bonchev–Trinajstić information content (AvgIpc) is 3.86. The second-order valence-corrected chi connectivity index (χ2v) is 16.2. The normalized spacial score (nSPS) is 13.0. The predicted octanol–water partition coefficient (Wildman–Crippen LogP) is 14.1. The molecular formula is C55H36N4O. The minimum absolute atomic E-state index is 0.143. The molecule has 0 radical (unpaired) electrons. The van der Waals surface area contributed by atoms with Gasteiger partial charge in [-0.15, -0.1) is 0 Å². The minimum atomic E-state index is -0.143. The minimum Gasteiger partial charge on any atom is -0.435 e. The van der Waals surface area contributed by atoms with Gasteiger partial charge in [0.1, 0.15) is 5.52 Å². The molecule has 0 fully saturated rings. The van der Waals surface area contributed by atoms with Crippen LogP contribution in [0.25, 0.3) is 111 Å². The van der Waals surface area contributed by atoms with Crippen molar-refractivity contribution in [3.05, 3.63) is 193 Å². The number of benzene rings is 9. The quantitative estimate of drug-likeness (QED) is 0.163. The fourth-order valence-corrected chi connectivity index (χ4v) is 9.21. The molecule has 12 rings (SSSR count). The molecule has 1 aliphatic carbocycles. The van der Waals surface area contributed by atoms with Crippen LogP contribution >= 0.6 is 0 Å². The largest absolute Gasteiger partial charge is 0.435 e. The Hall–Kier alpha value is -7.76. The molecule has 0 unspecified atom stereocenters. The Kier molecular flexibility index (Phi) is 7.51. The molecule has 60 heavy (non-hydrogen) atoms. The van der Waals surface area contributed by atoms with Crippen molar-refractivity contribution in [2.75, 3.05) is 0 Å². The summed E-state index contributed by atoms with van der Waals surface area (Å²) in [6.07, 6.45) is 0. The second-order valence-electron chi connectivity index (χ2n) is 16.2. The van der Waals surface area contributed by atoms with Crippen molar-refractivity contribution in [1.82, 2.24) is 19.9 Å². The smallest absolute Gasteiger partial charge is 0.227 e. The lowest BCUT2D eigenvalue weighted by molar-refractivity contribution is 0.623. The van der Waals surface area contributed by atoms with E-state index in [0.717, 1.165) is 71.4 Å². The van der Waals surface area contributed by atoms with Crippen molar-refractivity contribution < 1.29 is 4.42 Å². The number of hydrogen-bond donors (Lipinski definition) is 0. The molecule has 0 atom stereocenters. The van der Waals surface area contributed by atoms with E-state index in [1.165, 1.54) is 27.6 Å². The van der Waals surface area contributed by atoms with Crippen LogP contribution in [-0.4, -0.2) is 19.9 Å². The zero-order valence-electron chi connectivity index (χ0n) is 33.0. The maximum Gasteiger partial charge on any atom is 0.227 e. The van der Waals surface area contributed by atoms with Crippen molar-refractivity contribution in [2.24, 2.45) is 0 Å². The topological polar surface area (TPSA) is 64.7 Å². The lowest BCUT2D eigenvalue weighted by Gasteiger charge is -2.21. The summed E-state index contributed by atoms with van der Waals surface area (Å²) in [5, 5.41) is 6.70. The zero-order valence-corrected chi connectivity index (χ0v) is 33.0. The molecule has 0 saturated heterocycles. The highest BCUT2D eigenvalue weighted by atomic mass is 16.3. The Balaban J connectivity index is 0.964. The Labute approximate surface area is 346 Å². The van der Waals surface area contributed by atoms with E-state index in [-0.39, 0.29) is 5.41 Å². The fraction of sp³-hybridized carbons (Fsp3) is 0.0545. The van der Waals surface area contributed by atoms with Crippen molar-refractivity contribution in [3.63, 3.8) is 0 Å². The van der Waals surface area contributed by atoms with E-state index in [4.69, 9.17) is 24.4 Å². The van der Waals surface area contributed by atoms with Gasteiger partial charge in [-0.1, -0.05) is 166 Å². The van der Waals surface area contributed by atoms with E-state index in [2.05, 4.69) is 166 Å². The van der Waals surface area contributed by atoms with Gasteiger partial charge in [-0.2, -0.15) is 0 Å². The van der Waals surface area contributed by atoms with E-state index in [1.54, 1.807) is 0 Å². The third-order valence-corrected chi connectivity index (χ3v) is 12.3. The van der Waals surface area contributed by atoms with Gasteiger partial charge in [-0.05, 0) is 85.3 Å². The van der Waals surface area contributed by atoms with Crippen LogP contribution in [0.2, 0.25) is 0 Å². The summed E-state index contributed by atoms with van der Waals surface area (Å²) < 4.78 is 6.45. The van der Waals surface area contributed by atoms with E-state index >= 15 is 0 Å². The van der Waals surface area contributed by atoms with Gasteiger partial charge in [0.25, 0.3) is 0 Å². The van der Waals surface area contributed by atoms with Crippen LogP contribution in [0.15, 0.2) is 186 Å². The van der Waals surface area contributed by atoms with E-state index in [0.29, 0.717) is 23.4 Å². The van der Waals surface area contributed by atoms with Gasteiger partial charge in [-0.3, -0.25) is 0 Å². The standard InChI is InChI=1S/C55H36N4O/c1-55(2)47-19-11-10-17-42(47)43-28-27-40(32-48(43)55)53-58-51(57-52(59-53)39-25-22-33-12-6-7-15-37(33)30-39)35-23-20-34(21-24-35)38-26-29-44-46(31-38)41-16-8-9-18-45(41)50-49(44)56-54(60-50)36-13-4-3-5-14-36/h3-32H,1-2H3. The van der Waals surface area contributed by atoms with Crippen LogP contribution in [0, 0.1) is 0 Å². The molecule has 282 valence electrons. The molecule has 5 nitrogen and oxygen atoms in total. The Bertz CT molecular complexity index is 3510. The van der Waals surface area contributed by atoms with Crippen LogP contribution in [0.3, 0.4) is 0 Å². The Morgan fingerprint density at radius 3 is 1.78 bits per heavy atom. The van der Waals surface area contributed by atoms with Gasteiger partial charge in [-0.25, -0.2) is 19.9 Å². The fourth-order valence-electron chi connectivity index (χ4n) is 9.21. The molecule has 9 aromatic carbocycles. The SMILES string of the molecule is CC1(C)c2ccccc2-c2ccc(-c3nc(-c4ccc(-c5ccc6c(c5)c5ccccc5c5oc(-c7ccccc7)nc65)cc4)nc(-c4ccc5ccccc5c4)n3)cc21. The van der Waals surface area contributed by atoms with Crippen molar-refractivity contribution in [3.8, 4) is 67.9 Å². The molecule has 0 bridgehead atoms. The predicted molar refractivity (Wildman–Crippen MR) is 245 cm³/mol. The van der Waals surface area contributed by atoms with Gasteiger partial charge < -0.3 is 4.42 Å². The summed E-state index contributed by atoms with van der Waals surface area (Å²) in [6.45, 7) is 4.61. The highest BCUT2D eigenvalue weighted by Gasteiger charge is 2.35. The molecule has 0 N–H and O–H groups in total. The number of aromatic nitrogens is 4. The van der Waals surface area contributed by atoms with Gasteiger partial charge in [0, 0.05) is 38.4 Å². The number of oxazole rings is 1. The molecule has 1 aliphatic rings. The first-order valence-electron chi connectivity index (χ1n) is 20.4. The molecule has 0 aliphatic heterocycles. The zero-order chi connectivity index (χ0) is 40.0. The molecular weight excluding hydrogens is 733 g/mol. The molecule has 11 aromatic rings. The number of fused-ring (bicyclic) bond motifs is 10. The lowest BCUT2D eigenvalue weighted by Crippen LogP contribution is -2.15. The van der Waals surface area contributed by atoms with Crippen LogP contribution < -0.4 is 0 Å². The second kappa shape index (κ2) is 13.1. The number of hydrogen-bond acceptors (Lipinski definition) is 5. The van der Waals surface area contributed by atoms with Crippen molar-refractivity contribution >= 4 is 43.4 Å². The summed E-state index contributed by atoms with van der Waals surface area (Å²) in [4.78, 5) is 20.5. The molecule has 0 amide bonds. The molecule has 5 heteroatoms. The van der Waals surface area contributed by atoms with Gasteiger partial charge in [0.05, 0.1) is 0 Å². The number of nitrogens with zero attached hydrogens (tertiary/aromatic N) is 4. The van der Waals surface area contributed by atoms with Crippen molar-refractivity contribution in [1.29, 1.82) is 0 Å². The summed E-state index contributed by atoms with van der Waals surface area (Å²) >= 11 is 0. The van der Waals surface area contributed by atoms with Crippen LogP contribution in [0.5, 0.6) is 0 Å². The van der Waals surface area contributed by atoms with Gasteiger partial charge in [0.2, 0.25) is 5.89 Å². The third kappa shape index (κ3) is 5.40. The molecule has 2 heterocycles. The van der Waals surface area contributed by atoms with E-state index in [1.807, 2.05) is 30.3 Å². The third-order valence-electron chi connectivity index (χ3n) is 12.3. The van der Waals surface area contributed by atoms with Crippen LogP contribution in [0.4, 0.5) is 0 Å². The summed E-state index contributed by atoms with van der Waals surface area (Å²) in [5.41, 5.74) is 12.7. The first-order valence-corrected chi connectivity index (χ1v) is 20.4. The summed E-state index contributed by atoms with van der Waals surface area (Å²) in [6, 6.07) is 63.9. The monoisotopic (exact) mass is 768 g/mol. The summed E-state index contributed by atoms with van der Waals surface area (Å²) in [7, 11) is 0. The molecule has 0 spiro atoms. The molecule has 0 saturated carbocycles. The van der Waals surface area contributed by atoms with Crippen molar-refractivity contribution in [2.45, 2.75) is 19.3 Å². The number of rotatable bonds is 5. The first kappa shape index (κ1) is 34.3. The van der Waals surface area contributed by atoms with Crippen LogP contribution in [-0.2, 0) is 5.41 Å². The highest BCUT2D eigenvalue weighted by molar-refractivity contribution is 6.23. The summed E-state index contributed by atoms with van der Waals surface area (Å²) in [5.74, 6) is 2.55.